The van der Waals surface area contributed by atoms with Gasteiger partial charge in [-0.05, 0) is 41.5 Å². The van der Waals surface area contributed by atoms with Gasteiger partial charge in [0.25, 0.3) is 12.3 Å². The summed E-state index contributed by atoms with van der Waals surface area (Å²) < 4.78 is 69.2. The van der Waals surface area contributed by atoms with Crippen molar-refractivity contribution in [1.82, 2.24) is 15.1 Å². The summed E-state index contributed by atoms with van der Waals surface area (Å²) in [5.74, 6) is -0.00806. The zero-order chi connectivity index (χ0) is 22.2. The number of alkyl halides is 5. The van der Waals surface area contributed by atoms with E-state index in [-0.39, 0.29) is 13.2 Å². The van der Waals surface area contributed by atoms with Gasteiger partial charge >= 0.3 is 6.18 Å². The molecule has 5 nitrogen and oxygen atoms in total. The van der Waals surface area contributed by atoms with Gasteiger partial charge in [-0.15, -0.1) is 0 Å². The second-order valence-corrected chi connectivity index (χ2v) is 7.03. The number of nitrogens with one attached hydrogen (secondary N) is 1. The van der Waals surface area contributed by atoms with Crippen molar-refractivity contribution >= 4 is 5.91 Å². The van der Waals surface area contributed by atoms with Crippen LogP contribution >= 0.6 is 0 Å². The van der Waals surface area contributed by atoms with Gasteiger partial charge in [0.1, 0.15) is 12.4 Å². The smallest absolute Gasteiger partial charge is 0.416 e. The van der Waals surface area contributed by atoms with Crippen molar-refractivity contribution in [2.75, 3.05) is 6.54 Å². The minimum atomic E-state index is -4.42. The molecule has 0 bridgehead atoms. The highest BCUT2D eigenvalue weighted by Gasteiger charge is 2.30. The molecular formula is C21H16F5N3O2. The van der Waals surface area contributed by atoms with Crippen molar-refractivity contribution in [3.05, 3.63) is 70.9 Å². The summed E-state index contributed by atoms with van der Waals surface area (Å²) in [7, 11) is 0. The third kappa shape index (κ3) is 4.37. The highest BCUT2D eigenvalue weighted by Crippen LogP contribution is 2.32. The lowest BCUT2D eigenvalue weighted by Gasteiger charge is -2.14. The van der Waals surface area contributed by atoms with E-state index in [1.165, 1.54) is 24.4 Å². The number of ether oxygens (including phenoxy) is 1. The number of carbonyl (C=O) groups is 1. The van der Waals surface area contributed by atoms with Crippen LogP contribution in [-0.2, 0) is 19.3 Å². The molecule has 0 saturated carbocycles. The van der Waals surface area contributed by atoms with E-state index in [0.29, 0.717) is 33.7 Å². The first-order valence-corrected chi connectivity index (χ1v) is 9.25. The van der Waals surface area contributed by atoms with Crippen LogP contribution in [0.25, 0.3) is 11.3 Å². The highest BCUT2D eigenvalue weighted by molar-refractivity contribution is 5.98. The van der Waals surface area contributed by atoms with E-state index in [2.05, 4.69) is 10.2 Å². The molecule has 1 aliphatic rings. The van der Waals surface area contributed by atoms with Crippen LogP contribution < -0.4 is 4.74 Å². The molecule has 1 amide bonds. The number of fused-ring (bicyclic) bond motifs is 1. The summed E-state index contributed by atoms with van der Waals surface area (Å²) in [5, 5.41) is 6.69. The number of hydrogen-bond acceptors (Lipinski definition) is 3. The minimum Gasteiger partial charge on any atom is -0.489 e. The molecule has 2 aromatic carbocycles. The second-order valence-electron chi connectivity index (χ2n) is 7.03. The van der Waals surface area contributed by atoms with Gasteiger partial charge < -0.3 is 9.64 Å². The van der Waals surface area contributed by atoms with E-state index >= 15 is 0 Å². The summed E-state index contributed by atoms with van der Waals surface area (Å²) >= 11 is 0. The highest BCUT2D eigenvalue weighted by atomic mass is 19.4. The van der Waals surface area contributed by atoms with Crippen LogP contribution in [0.3, 0.4) is 0 Å². The Balaban J connectivity index is 1.46. The van der Waals surface area contributed by atoms with Gasteiger partial charge in [-0.2, -0.15) is 18.3 Å². The molecule has 31 heavy (non-hydrogen) atoms. The van der Waals surface area contributed by atoms with Crippen LogP contribution in [0.4, 0.5) is 22.0 Å². The zero-order valence-corrected chi connectivity index (χ0v) is 15.9. The number of H-pyrrole nitrogens is 1. The normalized spacial score (nSPS) is 13.7. The van der Waals surface area contributed by atoms with Crippen molar-refractivity contribution in [3.8, 4) is 17.0 Å². The Hall–Kier alpha value is -3.43. The largest absolute Gasteiger partial charge is 0.489 e. The first-order valence-electron chi connectivity index (χ1n) is 9.25. The van der Waals surface area contributed by atoms with E-state index in [0.717, 1.165) is 17.0 Å². The van der Waals surface area contributed by atoms with Crippen molar-refractivity contribution in [2.24, 2.45) is 0 Å². The zero-order valence-electron chi connectivity index (χ0n) is 15.9. The Morgan fingerprint density at radius 3 is 2.55 bits per heavy atom. The van der Waals surface area contributed by atoms with Crippen molar-refractivity contribution in [2.45, 2.75) is 25.8 Å². The van der Waals surface area contributed by atoms with Crippen molar-refractivity contribution in [1.29, 1.82) is 0 Å². The SMILES string of the molecule is O=C1c2ccc(OCc3cn[nH]c3-c3ccc(C(F)(F)F)cc3)cc2CN1CC(F)F. The molecule has 1 aromatic heterocycles. The van der Waals surface area contributed by atoms with Crippen LogP contribution in [-0.4, -0.2) is 34.0 Å². The van der Waals surface area contributed by atoms with Crippen LogP contribution in [0.15, 0.2) is 48.7 Å². The van der Waals surface area contributed by atoms with Gasteiger partial charge in [0.2, 0.25) is 0 Å². The van der Waals surface area contributed by atoms with Crippen LogP contribution in [0.5, 0.6) is 5.75 Å². The van der Waals surface area contributed by atoms with Gasteiger partial charge in [-0.25, -0.2) is 8.78 Å². The Morgan fingerprint density at radius 1 is 1.13 bits per heavy atom. The molecule has 162 valence electrons. The number of hydrogen-bond donors (Lipinski definition) is 1. The molecule has 2 heterocycles. The number of aromatic amines is 1. The molecule has 10 heteroatoms. The van der Waals surface area contributed by atoms with E-state index < -0.39 is 30.6 Å². The van der Waals surface area contributed by atoms with Gasteiger partial charge in [0, 0.05) is 17.7 Å². The fourth-order valence-corrected chi connectivity index (χ4v) is 3.42. The number of aromatic nitrogens is 2. The fourth-order valence-electron chi connectivity index (χ4n) is 3.42. The molecule has 0 spiro atoms. The number of nitrogens with zero attached hydrogens (tertiary/aromatic N) is 2. The molecule has 0 unspecified atom stereocenters. The number of rotatable bonds is 6. The summed E-state index contributed by atoms with van der Waals surface area (Å²) in [4.78, 5) is 13.2. The fraction of sp³-hybridized carbons (Fsp3) is 0.238. The molecule has 0 aliphatic carbocycles. The molecule has 1 N–H and O–H groups in total. The van der Waals surface area contributed by atoms with Crippen molar-refractivity contribution < 1.29 is 31.5 Å². The first kappa shape index (κ1) is 20.8. The average molecular weight is 437 g/mol. The average Bonchev–Trinajstić information content (AvgIpc) is 3.30. The molecule has 0 saturated heterocycles. The maximum atomic E-state index is 12.8. The molecule has 1 aliphatic heterocycles. The predicted octanol–water partition coefficient (Wildman–Crippen LogP) is 4.90. The van der Waals surface area contributed by atoms with Gasteiger partial charge in [-0.3, -0.25) is 9.89 Å². The van der Waals surface area contributed by atoms with E-state index in [9.17, 15) is 26.7 Å². The van der Waals surface area contributed by atoms with Gasteiger partial charge in [0.05, 0.1) is 24.0 Å². The lowest BCUT2D eigenvalue weighted by Crippen LogP contribution is -2.29. The molecule has 0 atom stereocenters. The molecule has 0 radical (unpaired) electrons. The lowest BCUT2D eigenvalue weighted by molar-refractivity contribution is -0.137. The van der Waals surface area contributed by atoms with Crippen LogP contribution in [0, 0.1) is 0 Å². The third-order valence-electron chi connectivity index (χ3n) is 4.93. The number of carbonyl (C=O) groups excluding carboxylic acids is 1. The summed E-state index contributed by atoms with van der Waals surface area (Å²) in [6.45, 7) is -0.478. The Labute approximate surface area is 173 Å². The molecule has 4 rings (SSSR count). The van der Waals surface area contributed by atoms with Crippen LogP contribution in [0.2, 0.25) is 0 Å². The second kappa shape index (κ2) is 8.01. The topological polar surface area (TPSA) is 58.2 Å². The van der Waals surface area contributed by atoms with E-state index in [4.69, 9.17) is 4.74 Å². The van der Waals surface area contributed by atoms with Crippen LogP contribution in [0.1, 0.15) is 27.0 Å². The lowest BCUT2D eigenvalue weighted by atomic mass is 10.1. The van der Waals surface area contributed by atoms with E-state index in [1.807, 2.05) is 0 Å². The minimum absolute atomic E-state index is 0.0698. The summed E-state index contributed by atoms with van der Waals surface area (Å²) in [5.41, 5.74) is 1.87. The first-order chi connectivity index (χ1) is 14.7. The quantitative estimate of drug-likeness (QED) is 0.559. The maximum Gasteiger partial charge on any atom is 0.416 e. The Bertz CT molecular complexity index is 1090. The van der Waals surface area contributed by atoms with Gasteiger partial charge in [0.15, 0.2) is 0 Å². The Kier molecular flexibility index (Phi) is 5.38. The van der Waals surface area contributed by atoms with Crippen molar-refractivity contribution in [3.63, 3.8) is 0 Å². The number of halogens is 5. The number of benzene rings is 2. The maximum absolute atomic E-state index is 12.8. The van der Waals surface area contributed by atoms with Gasteiger partial charge in [-0.1, -0.05) is 12.1 Å². The number of amides is 1. The standard InChI is InChI=1S/C21H16F5N3O2/c22-18(23)10-29-9-13-7-16(5-6-17(13)20(29)30)31-11-14-8-27-28-19(14)12-1-3-15(4-2-12)21(24,25)26/h1-8,18H,9-11H2,(H,27,28). The summed E-state index contributed by atoms with van der Waals surface area (Å²) in [6, 6.07) is 9.39. The Morgan fingerprint density at radius 2 is 1.87 bits per heavy atom. The molecule has 3 aromatic rings. The van der Waals surface area contributed by atoms with E-state index in [1.54, 1.807) is 12.1 Å². The monoisotopic (exact) mass is 437 g/mol. The molecular weight excluding hydrogens is 421 g/mol. The summed E-state index contributed by atoms with van der Waals surface area (Å²) in [6.07, 6.45) is -5.52. The third-order valence-corrected chi connectivity index (χ3v) is 4.93. The molecule has 0 fully saturated rings. The predicted molar refractivity (Wildman–Crippen MR) is 101 cm³/mol.